The van der Waals surface area contributed by atoms with Crippen molar-refractivity contribution in [2.75, 3.05) is 0 Å². The Labute approximate surface area is 125 Å². The molecule has 3 amide bonds. The van der Waals surface area contributed by atoms with Crippen molar-refractivity contribution in [2.45, 2.75) is 16.9 Å². The molecule has 106 valence electrons. The van der Waals surface area contributed by atoms with Gasteiger partial charge in [0, 0.05) is 11.0 Å². The lowest BCUT2D eigenvalue weighted by atomic mass is 10.2. The normalized spacial score (nSPS) is 16.1. The summed E-state index contributed by atoms with van der Waals surface area (Å²) in [5, 5.41) is 5.26. The number of imide groups is 1. The molecule has 1 aliphatic heterocycles. The Bertz CT molecular complexity index is 732. The van der Waals surface area contributed by atoms with Gasteiger partial charge < -0.3 is 9.73 Å². The van der Waals surface area contributed by atoms with Crippen LogP contribution >= 0.6 is 11.8 Å². The van der Waals surface area contributed by atoms with Crippen LogP contribution in [0.3, 0.4) is 0 Å². The van der Waals surface area contributed by atoms with Gasteiger partial charge in [-0.25, -0.2) is 4.79 Å². The molecule has 1 fully saturated rings. The fourth-order valence-corrected chi connectivity index (χ4v) is 2.59. The van der Waals surface area contributed by atoms with Crippen molar-refractivity contribution in [1.29, 1.82) is 0 Å². The summed E-state index contributed by atoms with van der Waals surface area (Å²) in [5.41, 5.74) is 1.38. The van der Waals surface area contributed by atoms with Crippen LogP contribution in [0.2, 0.25) is 0 Å². The zero-order chi connectivity index (χ0) is 14.8. The lowest BCUT2D eigenvalue weighted by Gasteiger charge is -1.98. The van der Waals surface area contributed by atoms with Crippen LogP contribution in [0.25, 0.3) is 6.08 Å². The highest BCUT2D eigenvalue weighted by atomic mass is 32.2. The Morgan fingerprint density at radius 2 is 1.81 bits per heavy atom. The second kappa shape index (κ2) is 5.49. The molecule has 1 aromatic heterocycles. The number of aryl methyl sites for hydroxylation is 1. The topological polar surface area (TPSA) is 71.3 Å². The third kappa shape index (κ3) is 3.17. The minimum atomic E-state index is -0.521. The Kier molecular flexibility index (Phi) is 3.53. The Hall–Kier alpha value is -2.47. The molecule has 0 spiro atoms. The number of amides is 3. The lowest BCUT2D eigenvalue weighted by Crippen LogP contribution is -2.22. The summed E-state index contributed by atoms with van der Waals surface area (Å²) in [6, 6.07) is 11.2. The monoisotopic (exact) mass is 300 g/mol. The smallest absolute Gasteiger partial charge is 0.326 e. The third-order valence-corrected chi connectivity index (χ3v) is 3.78. The highest BCUT2D eigenvalue weighted by molar-refractivity contribution is 7.99. The van der Waals surface area contributed by atoms with Crippen LogP contribution in [-0.2, 0) is 4.79 Å². The maximum absolute atomic E-state index is 11.4. The largest absolute Gasteiger partial charge is 0.450 e. The second-order valence-electron chi connectivity index (χ2n) is 4.54. The van der Waals surface area contributed by atoms with Gasteiger partial charge in [0.15, 0.2) is 5.09 Å². The molecule has 1 saturated heterocycles. The molecule has 0 aliphatic carbocycles. The lowest BCUT2D eigenvalue weighted by molar-refractivity contribution is -0.115. The number of urea groups is 1. The summed E-state index contributed by atoms with van der Waals surface area (Å²) in [7, 11) is 0. The van der Waals surface area contributed by atoms with Gasteiger partial charge in [-0.15, -0.1) is 0 Å². The first-order chi connectivity index (χ1) is 10.1. The van der Waals surface area contributed by atoms with Gasteiger partial charge >= 0.3 is 6.03 Å². The molecule has 1 aromatic carbocycles. The summed E-state index contributed by atoms with van der Waals surface area (Å²) >= 11 is 1.49. The first kappa shape index (κ1) is 13.5. The summed E-state index contributed by atoms with van der Waals surface area (Å²) in [6.45, 7) is 2.03. The molecule has 2 N–H and O–H groups in total. The standard InChI is InChI=1S/C15H12N2O3S/c1-9-2-5-11(6-3-9)21-13-7-4-10(20-13)8-12-14(18)17-15(19)16-12/h2-8H,1H3,(H2,16,17,18,19)/b12-8+. The van der Waals surface area contributed by atoms with Gasteiger partial charge in [0.2, 0.25) is 0 Å². The molecule has 0 saturated carbocycles. The Balaban J connectivity index is 1.74. The highest BCUT2D eigenvalue weighted by Gasteiger charge is 2.23. The minimum absolute atomic E-state index is 0.182. The van der Waals surface area contributed by atoms with Gasteiger partial charge in [0.25, 0.3) is 5.91 Å². The SMILES string of the molecule is Cc1ccc(Sc2ccc(/C=C3/NC(=O)NC3=O)o2)cc1. The van der Waals surface area contributed by atoms with E-state index in [1.54, 1.807) is 6.07 Å². The molecule has 0 bridgehead atoms. The van der Waals surface area contributed by atoms with Crippen LogP contribution in [0, 0.1) is 6.92 Å². The predicted molar refractivity (Wildman–Crippen MR) is 78.7 cm³/mol. The molecule has 1 aliphatic rings. The number of hydrogen-bond donors (Lipinski definition) is 2. The molecule has 21 heavy (non-hydrogen) atoms. The maximum atomic E-state index is 11.4. The van der Waals surface area contributed by atoms with Gasteiger partial charge in [-0.2, -0.15) is 0 Å². The fourth-order valence-electron chi connectivity index (χ4n) is 1.81. The van der Waals surface area contributed by atoms with Crippen LogP contribution in [0.4, 0.5) is 4.79 Å². The van der Waals surface area contributed by atoms with Crippen LogP contribution in [0.15, 0.2) is 56.5 Å². The molecule has 6 heteroatoms. The average molecular weight is 300 g/mol. The molecule has 0 unspecified atom stereocenters. The number of rotatable bonds is 3. The molecule has 3 rings (SSSR count). The number of benzene rings is 1. The summed E-state index contributed by atoms with van der Waals surface area (Å²) < 4.78 is 5.62. The summed E-state index contributed by atoms with van der Waals surface area (Å²) in [6.07, 6.45) is 1.50. The van der Waals surface area contributed by atoms with E-state index in [-0.39, 0.29) is 5.70 Å². The molecule has 2 aromatic rings. The number of hydrogen-bond acceptors (Lipinski definition) is 4. The van der Waals surface area contributed by atoms with Crippen molar-refractivity contribution in [3.05, 3.63) is 53.4 Å². The van der Waals surface area contributed by atoms with E-state index in [0.29, 0.717) is 5.76 Å². The molecular weight excluding hydrogens is 288 g/mol. The summed E-state index contributed by atoms with van der Waals surface area (Å²) in [5.74, 6) is 0.0566. The average Bonchev–Trinajstić information content (AvgIpc) is 3.00. The summed E-state index contributed by atoms with van der Waals surface area (Å²) in [4.78, 5) is 23.5. The van der Waals surface area contributed by atoms with Crippen LogP contribution in [-0.4, -0.2) is 11.9 Å². The second-order valence-corrected chi connectivity index (χ2v) is 5.62. The zero-order valence-electron chi connectivity index (χ0n) is 11.2. The quantitative estimate of drug-likeness (QED) is 0.675. The molecule has 0 atom stereocenters. The maximum Gasteiger partial charge on any atom is 0.326 e. The van der Waals surface area contributed by atoms with E-state index in [4.69, 9.17) is 4.42 Å². The number of carbonyl (C=O) groups is 2. The van der Waals surface area contributed by atoms with Gasteiger partial charge in [0.1, 0.15) is 11.5 Å². The molecule has 5 nitrogen and oxygen atoms in total. The van der Waals surface area contributed by atoms with Gasteiger partial charge in [-0.3, -0.25) is 10.1 Å². The fraction of sp³-hybridized carbons (Fsp3) is 0.0667. The third-order valence-electron chi connectivity index (χ3n) is 2.85. The molecule has 0 radical (unpaired) electrons. The van der Waals surface area contributed by atoms with Crippen LogP contribution in [0.1, 0.15) is 11.3 Å². The van der Waals surface area contributed by atoms with Crippen molar-refractivity contribution in [3.8, 4) is 0 Å². The van der Waals surface area contributed by atoms with Gasteiger partial charge in [0.05, 0.1) is 0 Å². The van der Waals surface area contributed by atoms with E-state index in [9.17, 15) is 9.59 Å². The van der Waals surface area contributed by atoms with E-state index in [1.807, 2.05) is 37.3 Å². The number of nitrogens with one attached hydrogen (secondary N) is 2. The first-order valence-electron chi connectivity index (χ1n) is 6.28. The van der Waals surface area contributed by atoms with E-state index >= 15 is 0 Å². The van der Waals surface area contributed by atoms with Gasteiger partial charge in [-0.05, 0) is 31.2 Å². The predicted octanol–water partition coefficient (Wildman–Crippen LogP) is 2.92. The van der Waals surface area contributed by atoms with Gasteiger partial charge in [-0.1, -0.05) is 29.5 Å². The highest BCUT2D eigenvalue weighted by Crippen LogP contribution is 2.29. The van der Waals surface area contributed by atoms with E-state index in [2.05, 4.69) is 10.6 Å². The minimum Gasteiger partial charge on any atom is -0.450 e. The van der Waals surface area contributed by atoms with E-state index < -0.39 is 11.9 Å². The Morgan fingerprint density at radius 3 is 2.48 bits per heavy atom. The zero-order valence-corrected chi connectivity index (χ0v) is 12.0. The Morgan fingerprint density at radius 1 is 1.05 bits per heavy atom. The molecular formula is C15H12N2O3S. The van der Waals surface area contributed by atoms with Crippen molar-refractivity contribution in [2.24, 2.45) is 0 Å². The molecule has 2 heterocycles. The van der Waals surface area contributed by atoms with Crippen LogP contribution < -0.4 is 10.6 Å². The number of furan rings is 1. The van der Waals surface area contributed by atoms with Crippen LogP contribution in [0.5, 0.6) is 0 Å². The van der Waals surface area contributed by atoms with E-state index in [0.717, 1.165) is 9.99 Å². The van der Waals surface area contributed by atoms with Crippen molar-refractivity contribution >= 4 is 29.8 Å². The van der Waals surface area contributed by atoms with Crippen molar-refractivity contribution < 1.29 is 14.0 Å². The number of carbonyl (C=O) groups excluding carboxylic acids is 2. The first-order valence-corrected chi connectivity index (χ1v) is 7.10. The van der Waals surface area contributed by atoms with E-state index in [1.165, 1.54) is 23.4 Å². The van der Waals surface area contributed by atoms with Crippen molar-refractivity contribution in [3.63, 3.8) is 0 Å². The van der Waals surface area contributed by atoms with Crippen molar-refractivity contribution in [1.82, 2.24) is 10.6 Å².